The molecule has 0 fully saturated rings. The van der Waals surface area contributed by atoms with Gasteiger partial charge in [-0.05, 0) is 41.5 Å². The maximum Gasteiger partial charge on any atom is 0.335 e. The molecule has 3 aromatic rings. The van der Waals surface area contributed by atoms with Gasteiger partial charge in [-0.2, -0.15) is 0 Å². The van der Waals surface area contributed by atoms with Crippen molar-refractivity contribution < 1.29 is 19.5 Å². The minimum absolute atomic E-state index is 0.132. The third-order valence-corrected chi connectivity index (χ3v) is 4.08. The molecule has 146 valence electrons. The molecule has 29 heavy (non-hydrogen) atoms. The van der Waals surface area contributed by atoms with E-state index < -0.39 is 11.9 Å². The van der Waals surface area contributed by atoms with Crippen LogP contribution in [0.1, 0.15) is 42.3 Å². The highest BCUT2D eigenvalue weighted by atomic mass is 16.4. The monoisotopic (exact) mass is 390 g/mol. The highest BCUT2D eigenvalue weighted by molar-refractivity contribution is 5.98. The summed E-state index contributed by atoms with van der Waals surface area (Å²) in [6, 6.07) is 12.8. The lowest BCUT2D eigenvalue weighted by Crippen LogP contribution is -2.26. The van der Waals surface area contributed by atoms with Crippen molar-refractivity contribution >= 4 is 17.8 Å². The molecular weight excluding hydrogens is 372 g/mol. The molecule has 0 aliphatic carbocycles. The summed E-state index contributed by atoms with van der Waals surface area (Å²) >= 11 is 0. The Labute approximate surface area is 166 Å². The molecule has 1 aromatic carbocycles. The predicted molar refractivity (Wildman–Crippen MR) is 104 cm³/mol. The molecule has 0 bridgehead atoms. The number of nitrogens with zero attached hydrogens (tertiary/aromatic N) is 2. The maximum atomic E-state index is 12.4. The van der Waals surface area contributed by atoms with E-state index in [0.717, 1.165) is 11.1 Å². The molecule has 0 unspecified atom stereocenters. The first kappa shape index (κ1) is 19.7. The van der Waals surface area contributed by atoms with Crippen molar-refractivity contribution in [1.29, 1.82) is 0 Å². The molecule has 3 rings (SSSR count). The minimum Gasteiger partial charge on any atom is -0.478 e. The molecule has 0 spiro atoms. The number of benzene rings is 1. The van der Waals surface area contributed by atoms with E-state index >= 15 is 0 Å². The van der Waals surface area contributed by atoms with Crippen LogP contribution in [-0.4, -0.2) is 32.9 Å². The van der Waals surface area contributed by atoms with Gasteiger partial charge in [0.15, 0.2) is 0 Å². The number of aromatic nitrogens is 2. The summed E-state index contributed by atoms with van der Waals surface area (Å²) in [7, 11) is 0. The smallest absolute Gasteiger partial charge is 0.335 e. The van der Waals surface area contributed by atoms with E-state index in [4.69, 9.17) is 5.11 Å². The second-order valence-corrected chi connectivity index (χ2v) is 6.16. The van der Waals surface area contributed by atoms with E-state index in [-0.39, 0.29) is 23.7 Å². The highest BCUT2D eigenvalue weighted by Gasteiger charge is 2.12. The number of rotatable bonds is 7. The van der Waals surface area contributed by atoms with Gasteiger partial charge in [0.2, 0.25) is 0 Å². The Hall–Kier alpha value is -4.07. The minimum atomic E-state index is -1.01. The maximum absolute atomic E-state index is 12.4. The molecule has 0 saturated heterocycles. The number of pyridine rings is 2. The quantitative estimate of drug-likeness (QED) is 0.568. The van der Waals surface area contributed by atoms with Gasteiger partial charge in [0.25, 0.3) is 11.8 Å². The number of carbonyl (C=O) groups is 3. The van der Waals surface area contributed by atoms with Crippen molar-refractivity contribution in [1.82, 2.24) is 20.6 Å². The van der Waals surface area contributed by atoms with Gasteiger partial charge in [0, 0.05) is 37.2 Å². The van der Waals surface area contributed by atoms with Crippen molar-refractivity contribution in [2.24, 2.45) is 0 Å². The molecule has 2 amide bonds. The number of amides is 2. The van der Waals surface area contributed by atoms with E-state index in [2.05, 4.69) is 20.6 Å². The molecular formula is C21H18N4O4. The molecule has 2 heterocycles. The zero-order valence-electron chi connectivity index (χ0n) is 15.3. The van der Waals surface area contributed by atoms with Crippen molar-refractivity contribution in [3.05, 3.63) is 95.1 Å². The lowest BCUT2D eigenvalue weighted by Gasteiger charge is -2.08. The van der Waals surface area contributed by atoms with Crippen LogP contribution >= 0.6 is 0 Å². The third kappa shape index (κ3) is 5.46. The summed E-state index contributed by atoms with van der Waals surface area (Å²) in [4.78, 5) is 43.5. The first-order chi connectivity index (χ1) is 14.0. The summed E-state index contributed by atoms with van der Waals surface area (Å²) in [5.74, 6) is -1.77. The lowest BCUT2D eigenvalue weighted by molar-refractivity contribution is 0.0696. The number of carboxylic acids is 1. The van der Waals surface area contributed by atoms with E-state index in [9.17, 15) is 14.4 Å². The Morgan fingerprint density at radius 2 is 1.55 bits per heavy atom. The Bertz CT molecular complexity index is 1020. The molecule has 0 aliphatic rings. The van der Waals surface area contributed by atoms with Crippen molar-refractivity contribution in [2.45, 2.75) is 13.1 Å². The van der Waals surface area contributed by atoms with E-state index in [1.54, 1.807) is 30.6 Å². The zero-order chi connectivity index (χ0) is 20.6. The third-order valence-electron chi connectivity index (χ3n) is 4.08. The molecule has 3 N–H and O–H groups in total. The van der Waals surface area contributed by atoms with Crippen molar-refractivity contribution in [3.63, 3.8) is 0 Å². The molecule has 0 radical (unpaired) electrons. The van der Waals surface area contributed by atoms with E-state index in [0.29, 0.717) is 12.1 Å². The van der Waals surface area contributed by atoms with E-state index in [1.807, 2.05) is 6.07 Å². The van der Waals surface area contributed by atoms with Crippen LogP contribution in [0.5, 0.6) is 0 Å². The number of nitrogens with one attached hydrogen (secondary N) is 2. The summed E-state index contributed by atoms with van der Waals surface area (Å²) in [6.07, 6.45) is 4.70. The van der Waals surface area contributed by atoms with Crippen LogP contribution in [0.25, 0.3) is 0 Å². The summed E-state index contributed by atoms with van der Waals surface area (Å²) in [6.45, 7) is 0.528. The molecule has 0 aliphatic heterocycles. The SMILES string of the molecule is O=C(O)c1ccc(CNC(=O)c2ccnc(C(=O)NCc3cccnc3)c2)cc1. The molecule has 2 aromatic heterocycles. The van der Waals surface area contributed by atoms with Gasteiger partial charge in [0.1, 0.15) is 5.69 Å². The largest absolute Gasteiger partial charge is 0.478 e. The molecule has 0 atom stereocenters. The number of hydrogen-bond donors (Lipinski definition) is 3. The Kier molecular flexibility index (Phi) is 6.26. The first-order valence-corrected chi connectivity index (χ1v) is 8.76. The predicted octanol–water partition coefficient (Wildman–Crippen LogP) is 2.03. The average Bonchev–Trinajstić information content (AvgIpc) is 2.77. The fourth-order valence-electron chi connectivity index (χ4n) is 2.52. The van der Waals surface area contributed by atoms with Crippen LogP contribution in [-0.2, 0) is 13.1 Å². The van der Waals surface area contributed by atoms with Gasteiger partial charge in [-0.1, -0.05) is 18.2 Å². The normalized spacial score (nSPS) is 10.2. The average molecular weight is 390 g/mol. The van der Waals surface area contributed by atoms with Gasteiger partial charge >= 0.3 is 5.97 Å². The number of hydrogen-bond acceptors (Lipinski definition) is 5. The van der Waals surface area contributed by atoms with Crippen LogP contribution in [0.4, 0.5) is 0 Å². The van der Waals surface area contributed by atoms with Gasteiger partial charge in [-0.15, -0.1) is 0 Å². The zero-order valence-corrected chi connectivity index (χ0v) is 15.3. The molecule has 8 nitrogen and oxygen atoms in total. The summed E-state index contributed by atoms with van der Waals surface area (Å²) in [5, 5.41) is 14.4. The molecule has 8 heteroatoms. The topological polar surface area (TPSA) is 121 Å². The van der Waals surface area contributed by atoms with Crippen LogP contribution in [0.2, 0.25) is 0 Å². The van der Waals surface area contributed by atoms with Gasteiger partial charge in [-0.3, -0.25) is 19.6 Å². The van der Waals surface area contributed by atoms with Crippen LogP contribution in [0.15, 0.2) is 67.1 Å². The van der Waals surface area contributed by atoms with Gasteiger partial charge in [-0.25, -0.2) is 4.79 Å². The van der Waals surface area contributed by atoms with Crippen LogP contribution in [0.3, 0.4) is 0 Å². The number of carbonyl (C=O) groups excluding carboxylic acids is 2. The fourth-order valence-corrected chi connectivity index (χ4v) is 2.52. The number of aromatic carboxylic acids is 1. The van der Waals surface area contributed by atoms with Crippen LogP contribution in [0, 0.1) is 0 Å². The van der Waals surface area contributed by atoms with E-state index in [1.165, 1.54) is 30.5 Å². The fraction of sp³-hybridized carbons (Fsp3) is 0.0952. The van der Waals surface area contributed by atoms with Crippen molar-refractivity contribution in [2.75, 3.05) is 0 Å². The molecule has 0 saturated carbocycles. The Morgan fingerprint density at radius 3 is 2.24 bits per heavy atom. The summed E-state index contributed by atoms with van der Waals surface area (Å²) < 4.78 is 0. The first-order valence-electron chi connectivity index (χ1n) is 8.76. The van der Waals surface area contributed by atoms with Crippen molar-refractivity contribution in [3.8, 4) is 0 Å². The number of carboxylic acid groups (broad SMARTS) is 1. The van der Waals surface area contributed by atoms with Gasteiger partial charge < -0.3 is 15.7 Å². The van der Waals surface area contributed by atoms with Gasteiger partial charge in [0.05, 0.1) is 5.56 Å². The van der Waals surface area contributed by atoms with Crippen LogP contribution < -0.4 is 10.6 Å². The second-order valence-electron chi connectivity index (χ2n) is 6.16. The highest BCUT2D eigenvalue weighted by Crippen LogP contribution is 2.06. The lowest BCUT2D eigenvalue weighted by atomic mass is 10.1. The summed E-state index contributed by atoms with van der Waals surface area (Å²) in [5.41, 5.74) is 2.22. The Balaban J connectivity index is 1.58. The Morgan fingerprint density at radius 1 is 0.828 bits per heavy atom. The second kappa shape index (κ2) is 9.23. The standard InChI is InChI=1S/C21H18N4O4/c26-19(24-12-14-3-5-16(6-4-14)21(28)29)17-7-9-23-18(10-17)20(27)25-13-15-2-1-8-22-11-15/h1-11H,12-13H2,(H,24,26)(H,25,27)(H,28,29).